The monoisotopic (exact) mass is 315 g/mol. The highest BCUT2D eigenvalue weighted by molar-refractivity contribution is 7.89. The molecular formula is C18H21NO2S. The van der Waals surface area contributed by atoms with Gasteiger partial charge in [0.2, 0.25) is 10.0 Å². The maximum atomic E-state index is 12.6. The standard InChI is InChI=1S/C18H21NO2S/c1-14-8-9-17(15(2)12-14)22(20,21)19-13-18(10-11-18)16-6-4-3-5-7-16/h3-9,12,19H,10-11,13H2,1-2H3. The summed E-state index contributed by atoms with van der Waals surface area (Å²) in [5.41, 5.74) is 3.06. The molecule has 116 valence electrons. The molecule has 0 saturated heterocycles. The van der Waals surface area contributed by atoms with Gasteiger partial charge in [-0.1, -0.05) is 48.0 Å². The first kappa shape index (κ1) is 15.3. The predicted octanol–water partition coefficient (Wildman–Crippen LogP) is 3.31. The van der Waals surface area contributed by atoms with Crippen LogP contribution in [0.2, 0.25) is 0 Å². The fourth-order valence-corrected chi connectivity index (χ4v) is 4.27. The lowest BCUT2D eigenvalue weighted by molar-refractivity contribution is 0.566. The van der Waals surface area contributed by atoms with Crippen molar-refractivity contribution in [1.29, 1.82) is 0 Å². The van der Waals surface area contributed by atoms with Crippen molar-refractivity contribution >= 4 is 10.0 Å². The minimum Gasteiger partial charge on any atom is -0.210 e. The number of hydrogen-bond donors (Lipinski definition) is 1. The van der Waals surface area contributed by atoms with E-state index in [4.69, 9.17) is 0 Å². The number of benzene rings is 2. The molecule has 0 atom stereocenters. The van der Waals surface area contributed by atoms with Crippen LogP contribution >= 0.6 is 0 Å². The fourth-order valence-electron chi connectivity index (χ4n) is 2.92. The van der Waals surface area contributed by atoms with Crippen LogP contribution in [0.15, 0.2) is 53.4 Å². The summed E-state index contributed by atoms with van der Waals surface area (Å²) in [5, 5.41) is 0. The van der Waals surface area contributed by atoms with E-state index in [1.54, 1.807) is 6.07 Å². The van der Waals surface area contributed by atoms with E-state index in [9.17, 15) is 8.42 Å². The molecule has 1 aliphatic rings. The van der Waals surface area contributed by atoms with E-state index in [2.05, 4.69) is 16.9 Å². The summed E-state index contributed by atoms with van der Waals surface area (Å²) < 4.78 is 27.9. The lowest BCUT2D eigenvalue weighted by Crippen LogP contribution is -2.32. The van der Waals surface area contributed by atoms with Gasteiger partial charge in [0.05, 0.1) is 4.90 Å². The van der Waals surface area contributed by atoms with Crippen molar-refractivity contribution in [3.63, 3.8) is 0 Å². The average molecular weight is 315 g/mol. The molecule has 0 heterocycles. The van der Waals surface area contributed by atoms with Crippen LogP contribution in [0.25, 0.3) is 0 Å². The highest BCUT2D eigenvalue weighted by Gasteiger charge is 2.44. The summed E-state index contributed by atoms with van der Waals surface area (Å²) in [6.07, 6.45) is 2.07. The van der Waals surface area contributed by atoms with Crippen molar-refractivity contribution < 1.29 is 8.42 Å². The molecule has 1 fully saturated rings. The van der Waals surface area contributed by atoms with Crippen LogP contribution in [-0.2, 0) is 15.4 Å². The maximum absolute atomic E-state index is 12.6. The molecule has 4 heteroatoms. The van der Waals surface area contributed by atoms with Gasteiger partial charge >= 0.3 is 0 Å². The van der Waals surface area contributed by atoms with Gasteiger partial charge in [0.25, 0.3) is 0 Å². The Balaban J connectivity index is 1.79. The van der Waals surface area contributed by atoms with Crippen LogP contribution in [0, 0.1) is 13.8 Å². The molecular weight excluding hydrogens is 294 g/mol. The Kier molecular flexibility index (Phi) is 3.83. The van der Waals surface area contributed by atoms with Gasteiger partial charge in [-0.2, -0.15) is 0 Å². The van der Waals surface area contributed by atoms with Crippen LogP contribution in [0.5, 0.6) is 0 Å². The van der Waals surface area contributed by atoms with Gasteiger partial charge in [-0.05, 0) is 43.9 Å². The molecule has 0 spiro atoms. The Morgan fingerprint density at radius 2 is 1.73 bits per heavy atom. The third-order valence-electron chi connectivity index (χ3n) is 4.46. The number of aryl methyl sites for hydroxylation is 2. The molecule has 1 saturated carbocycles. The topological polar surface area (TPSA) is 46.2 Å². The summed E-state index contributed by atoms with van der Waals surface area (Å²) >= 11 is 0. The van der Waals surface area contributed by atoms with E-state index < -0.39 is 10.0 Å². The van der Waals surface area contributed by atoms with Crippen LogP contribution in [0.4, 0.5) is 0 Å². The Labute approximate surface area is 132 Å². The molecule has 0 amide bonds. The van der Waals surface area contributed by atoms with Gasteiger partial charge in [-0.3, -0.25) is 0 Å². The van der Waals surface area contributed by atoms with E-state index >= 15 is 0 Å². The van der Waals surface area contributed by atoms with Crippen molar-refractivity contribution in [3.8, 4) is 0 Å². The quantitative estimate of drug-likeness (QED) is 0.920. The molecule has 2 aromatic carbocycles. The minimum absolute atomic E-state index is 0.0209. The lowest BCUT2D eigenvalue weighted by atomic mass is 9.96. The van der Waals surface area contributed by atoms with Crippen molar-refractivity contribution in [2.45, 2.75) is 37.0 Å². The Bertz CT molecular complexity index is 778. The molecule has 0 unspecified atom stereocenters. The summed E-state index contributed by atoms with van der Waals surface area (Å²) in [5.74, 6) is 0. The van der Waals surface area contributed by atoms with Gasteiger partial charge in [-0.25, -0.2) is 13.1 Å². The van der Waals surface area contributed by atoms with Crippen LogP contribution < -0.4 is 4.72 Å². The van der Waals surface area contributed by atoms with Gasteiger partial charge in [-0.15, -0.1) is 0 Å². The predicted molar refractivity (Wildman–Crippen MR) is 88.5 cm³/mol. The molecule has 0 radical (unpaired) electrons. The van der Waals surface area contributed by atoms with Gasteiger partial charge in [0, 0.05) is 12.0 Å². The average Bonchev–Trinajstić information content (AvgIpc) is 3.27. The normalized spacial score (nSPS) is 16.5. The first-order valence-electron chi connectivity index (χ1n) is 7.55. The van der Waals surface area contributed by atoms with Gasteiger partial charge < -0.3 is 0 Å². The zero-order valence-electron chi connectivity index (χ0n) is 13.0. The second-order valence-electron chi connectivity index (χ2n) is 6.24. The maximum Gasteiger partial charge on any atom is 0.240 e. The molecule has 1 N–H and O–H groups in total. The summed E-state index contributed by atoms with van der Waals surface area (Å²) in [6.45, 7) is 4.27. The Morgan fingerprint density at radius 1 is 1.05 bits per heavy atom. The first-order valence-corrected chi connectivity index (χ1v) is 9.04. The summed E-state index contributed by atoms with van der Waals surface area (Å²) in [4.78, 5) is 0.377. The van der Waals surface area contributed by atoms with Crippen molar-refractivity contribution in [3.05, 3.63) is 65.2 Å². The SMILES string of the molecule is Cc1ccc(S(=O)(=O)NCC2(c3ccccc3)CC2)c(C)c1. The molecule has 22 heavy (non-hydrogen) atoms. The minimum atomic E-state index is -3.46. The highest BCUT2D eigenvalue weighted by Crippen LogP contribution is 2.47. The second-order valence-corrected chi connectivity index (χ2v) is 7.98. The van der Waals surface area contributed by atoms with E-state index in [1.807, 2.05) is 44.2 Å². The molecule has 3 rings (SSSR count). The second kappa shape index (κ2) is 5.52. The Morgan fingerprint density at radius 3 is 2.32 bits per heavy atom. The van der Waals surface area contributed by atoms with E-state index in [0.717, 1.165) is 24.0 Å². The van der Waals surface area contributed by atoms with Gasteiger partial charge in [0.1, 0.15) is 0 Å². The molecule has 0 bridgehead atoms. The van der Waals surface area contributed by atoms with E-state index in [-0.39, 0.29) is 5.41 Å². The third-order valence-corrected chi connectivity index (χ3v) is 6.02. The Hall–Kier alpha value is -1.65. The summed E-state index contributed by atoms with van der Waals surface area (Å²) in [6, 6.07) is 15.6. The molecule has 0 aromatic heterocycles. The third kappa shape index (κ3) is 2.94. The number of rotatable bonds is 5. The van der Waals surface area contributed by atoms with Crippen LogP contribution in [0.1, 0.15) is 29.5 Å². The van der Waals surface area contributed by atoms with Crippen LogP contribution in [0.3, 0.4) is 0 Å². The first-order chi connectivity index (χ1) is 10.4. The molecule has 3 nitrogen and oxygen atoms in total. The zero-order valence-corrected chi connectivity index (χ0v) is 13.8. The van der Waals surface area contributed by atoms with E-state index in [0.29, 0.717) is 11.4 Å². The number of nitrogens with one attached hydrogen (secondary N) is 1. The molecule has 0 aliphatic heterocycles. The zero-order chi connectivity index (χ0) is 15.8. The van der Waals surface area contributed by atoms with Crippen molar-refractivity contribution in [2.75, 3.05) is 6.54 Å². The van der Waals surface area contributed by atoms with Crippen molar-refractivity contribution in [2.24, 2.45) is 0 Å². The van der Waals surface area contributed by atoms with Gasteiger partial charge in [0.15, 0.2) is 0 Å². The van der Waals surface area contributed by atoms with E-state index in [1.165, 1.54) is 5.56 Å². The smallest absolute Gasteiger partial charge is 0.210 e. The molecule has 1 aliphatic carbocycles. The number of hydrogen-bond acceptors (Lipinski definition) is 2. The fraction of sp³-hybridized carbons (Fsp3) is 0.333. The largest absolute Gasteiger partial charge is 0.240 e. The van der Waals surface area contributed by atoms with Crippen LogP contribution in [-0.4, -0.2) is 15.0 Å². The highest BCUT2D eigenvalue weighted by atomic mass is 32.2. The lowest BCUT2D eigenvalue weighted by Gasteiger charge is -2.17. The van der Waals surface area contributed by atoms with Crippen molar-refractivity contribution in [1.82, 2.24) is 4.72 Å². The molecule has 2 aromatic rings. The summed E-state index contributed by atoms with van der Waals surface area (Å²) in [7, 11) is -3.46. The number of sulfonamides is 1.